The van der Waals surface area contributed by atoms with Crippen LogP contribution in [0.5, 0.6) is 0 Å². The van der Waals surface area contributed by atoms with Crippen LogP contribution < -0.4 is 5.32 Å². The van der Waals surface area contributed by atoms with Crippen LogP contribution in [0, 0.1) is 11.8 Å². The lowest BCUT2D eigenvalue weighted by molar-refractivity contribution is -0.137. The monoisotopic (exact) mass is 424 g/mol. The fraction of sp³-hybridized carbons (Fsp3) is 0.211. The van der Waals surface area contributed by atoms with Crippen molar-refractivity contribution in [3.8, 4) is 11.8 Å². The molecular formula is C19H16BrF3N2O. The molecule has 2 aromatic rings. The van der Waals surface area contributed by atoms with Gasteiger partial charge in [-0.1, -0.05) is 46.0 Å². The third kappa shape index (κ3) is 6.12. The second-order valence-corrected chi connectivity index (χ2v) is 6.44. The van der Waals surface area contributed by atoms with Gasteiger partial charge in [0.25, 0.3) is 0 Å². The van der Waals surface area contributed by atoms with Gasteiger partial charge in [0.1, 0.15) is 0 Å². The number of hydrogen-bond acceptors (Lipinski definition) is 1. The van der Waals surface area contributed by atoms with E-state index >= 15 is 0 Å². The summed E-state index contributed by atoms with van der Waals surface area (Å²) in [7, 11) is 1.65. The molecule has 2 aromatic carbocycles. The Kier molecular flexibility index (Phi) is 6.70. The molecule has 0 aliphatic rings. The summed E-state index contributed by atoms with van der Waals surface area (Å²) < 4.78 is 38.9. The fourth-order valence-electron chi connectivity index (χ4n) is 2.11. The number of urea groups is 1. The van der Waals surface area contributed by atoms with E-state index in [-0.39, 0.29) is 18.1 Å². The van der Waals surface area contributed by atoms with Gasteiger partial charge in [-0.05, 0) is 35.9 Å². The first kappa shape index (κ1) is 19.9. The van der Waals surface area contributed by atoms with E-state index in [0.717, 1.165) is 22.2 Å². The second kappa shape index (κ2) is 8.77. The molecule has 7 heteroatoms. The summed E-state index contributed by atoms with van der Waals surface area (Å²) in [6, 6.07) is 12.0. The number of hydrogen-bond donors (Lipinski definition) is 1. The highest BCUT2D eigenvalue weighted by Gasteiger charge is 2.30. The van der Waals surface area contributed by atoms with Crippen molar-refractivity contribution in [1.82, 2.24) is 10.2 Å². The molecule has 1 N–H and O–H groups in total. The molecule has 2 rings (SSSR count). The molecule has 0 aliphatic carbocycles. The van der Waals surface area contributed by atoms with Gasteiger partial charge in [-0.15, -0.1) is 0 Å². The van der Waals surface area contributed by atoms with Gasteiger partial charge in [-0.25, -0.2) is 4.79 Å². The highest BCUT2D eigenvalue weighted by Crippen LogP contribution is 2.29. The van der Waals surface area contributed by atoms with Gasteiger partial charge in [-0.3, -0.25) is 0 Å². The van der Waals surface area contributed by atoms with Crippen molar-refractivity contribution >= 4 is 22.0 Å². The highest BCUT2D eigenvalue weighted by atomic mass is 79.9. The van der Waals surface area contributed by atoms with Gasteiger partial charge in [0.05, 0.1) is 12.1 Å². The first-order valence-electron chi connectivity index (χ1n) is 7.65. The van der Waals surface area contributed by atoms with Crippen LogP contribution in [0.2, 0.25) is 0 Å². The zero-order valence-corrected chi connectivity index (χ0v) is 15.5. The Morgan fingerprint density at radius 3 is 2.54 bits per heavy atom. The van der Waals surface area contributed by atoms with E-state index in [2.05, 4.69) is 33.1 Å². The minimum atomic E-state index is -4.40. The Balaban J connectivity index is 1.87. The lowest BCUT2D eigenvalue weighted by atomic mass is 10.1. The standard InChI is InChI=1S/C19H16BrF3N2O/c1-25(13-15-7-9-17(20)10-8-15)18(26)24-11-3-5-14-4-2-6-16(12-14)19(21,22)23/h2,4,6-10,12H,11,13H2,1H3,(H,24,26). The Hall–Kier alpha value is -2.46. The van der Waals surface area contributed by atoms with E-state index in [0.29, 0.717) is 6.54 Å². The van der Waals surface area contributed by atoms with Crippen LogP contribution in [0.1, 0.15) is 16.7 Å². The van der Waals surface area contributed by atoms with Crippen molar-refractivity contribution in [2.24, 2.45) is 0 Å². The van der Waals surface area contributed by atoms with Crippen LogP contribution in [0.25, 0.3) is 0 Å². The van der Waals surface area contributed by atoms with Gasteiger partial charge >= 0.3 is 12.2 Å². The van der Waals surface area contributed by atoms with Crippen molar-refractivity contribution in [3.05, 3.63) is 69.7 Å². The number of amides is 2. The SMILES string of the molecule is CN(Cc1ccc(Br)cc1)C(=O)NCC#Cc1cccc(C(F)(F)F)c1. The molecule has 0 saturated carbocycles. The van der Waals surface area contributed by atoms with E-state index in [4.69, 9.17) is 0 Å². The number of alkyl halides is 3. The van der Waals surface area contributed by atoms with Crippen molar-refractivity contribution in [1.29, 1.82) is 0 Å². The molecule has 0 unspecified atom stereocenters. The molecule has 0 aromatic heterocycles. The maximum atomic E-state index is 12.6. The molecule has 0 aliphatic heterocycles. The minimum Gasteiger partial charge on any atom is -0.327 e. The molecule has 0 fully saturated rings. The molecule has 0 atom stereocenters. The van der Waals surface area contributed by atoms with Gasteiger partial charge in [-0.2, -0.15) is 13.2 Å². The number of rotatable bonds is 3. The molecule has 0 heterocycles. The zero-order chi connectivity index (χ0) is 19.2. The average Bonchev–Trinajstić information content (AvgIpc) is 2.60. The predicted molar refractivity (Wildman–Crippen MR) is 97.3 cm³/mol. The molecule has 2 amide bonds. The van der Waals surface area contributed by atoms with E-state index in [1.54, 1.807) is 7.05 Å². The molecule has 0 bridgehead atoms. The van der Waals surface area contributed by atoms with Crippen molar-refractivity contribution in [2.75, 3.05) is 13.6 Å². The molecule has 0 spiro atoms. The van der Waals surface area contributed by atoms with Crippen LogP contribution in [0.4, 0.5) is 18.0 Å². The average molecular weight is 425 g/mol. The molecule has 0 radical (unpaired) electrons. The maximum Gasteiger partial charge on any atom is 0.416 e. The van der Waals surface area contributed by atoms with Crippen LogP contribution in [-0.4, -0.2) is 24.5 Å². The zero-order valence-electron chi connectivity index (χ0n) is 13.9. The quantitative estimate of drug-likeness (QED) is 0.713. The summed E-state index contributed by atoms with van der Waals surface area (Å²) in [5, 5.41) is 2.61. The second-order valence-electron chi connectivity index (χ2n) is 5.52. The van der Waals surface area contributed by atoms with Gasteiger partial charge in [0.2, 0.25) is 0 Å². The van der Waals surface area contributed by atoms with Gasteiger partial charge in [0.15, 0.2) is 0 Å². The van der Waals surface area contributed by atoms with Crippen LogP contribution in [0.15, 0.2) is 53.0 Å². The number of nitrogens with one attached hydrogen (secondary N) is 1. The largest absolute Gasteiger partial charge is 0.416 e. The summed E-state index contributed by atoms with van der Waals surface area (Å²) in [5.74, 6) is 5.27. The fourth-order valence-corrected chi connectivity index (χ4v) is 2.37. The molecule has 26 heavy (non-hydrogen) atoms. The highest BCUT2D eigenvalue weighted by molar-refractivity contribution is 9.10. The lowest BCUT2D eigenvalue weighted by Gasteiger charge is -2.17. The predicted octanol–water partition coefficient (Wildman–Crippen LogP) is 4.66. The summed E-state index contributed by atoms with van der Waals surface area (Å²) in [5.41, 5.74) is 0.473. The van der Waals surface area contributed by atoms with E-state index < -0.39 is 11.7 Å². The molecule has 136 valence electrons. The Labute approximate surface area is 158 Å². The number of halogens is 4. The number of carbonyl (C=O) groups is 1. The van der Waals surface area contributed by atoms with Crippen LogP contribution in [-0.2, 0) is 12.7 Å². The van der Waals surface area contributed by atoms with Gasteiger partial charge < -0.3 is 10.2 Å². The number of nitrogens with zero attached hydrogens (tertiary/aromatic N) is 1. The topological polar surface area (TPSA) is 32.3 Å². The maximum absolute atomic E-state index is 12.6. The Bertz CT molecular complexity index is 823. The smallest absolute Gasteiger partial charge is 0.327 e. The van der Waals surface area contributed by atoms with E-state index in [9.17, 15) is 18.0 Å². The Morgan fingerprint density at radius 2 is 1.88 bits per heavy atom. The third-order valence-corrected chi connectivity index (χ3v) is 3.96. The first-order chi connectivity index (χ1) is 12.3. The van der Waals surface area contributed by atoms with Crippen molar-refractivity contribution < 1.29 is 18.0 Å². The molecule has 0 saturated heterocycles. The van der Waals surface area contributed by atoms with Gasteiger partial charge in [0, 0.05) is 23.6 Å². The van der Waals surface area contributed by atoms with Crippen LogP contribution in [0.3, 0.4) is 0 Å². The summed E-state index contributed by atoms with van der Waals surface area (Å²) >= 11 is 3.35. The summed E-state index contributed by atoms with van der Waals surface area (Å²) in [6.45, 7) is 0.472. The number of carbonyl (C=O) groups excluding carboxylic acids is 1. The summed E-state index contributed by atoms with van der Waals surface area (Å²) in [4.78, 5) is 13.5. The normalized spacial score (nSPS) is 10.7. The third-order valence-electron chi connectivity index (χ3n) is 3.43. The van der Waals surface area contributed by atoms with E-state index in [1.807, 2.05) is 24.3 Å². The molecule has 3 nitrogen and oxygen atoms in total. The Morgan fingerprint density at radius 1 is 1.19 bits per heavy atom. The molecular weight excluding hydrogens is 409 g/mol. The number of benzene rings is 2. The first-order valence-corrected chi connectivity index (χ1v) is 8.44. The minimum absolute atomic E-state index is 0.0414. The van der Waals surface area contributed by atoms with Crippen LogP contribution >= 0.6 is 15.9 Å². The lowest BCUT2D eigenvalue weighted by Crippen LogP contribution is -2.36. The summed E-state index contributed by atoms with van der Waals surface area (Å²) in [6.07, 6.45) is -4.40. The van der Waals surface area contributed by atoms with E-state index in [1.165, 1.54) is 17.0 Å². The van der Waals surface area contributed by atoms with Crippen molar-refractivity contribution in [3.63, 3.8) is 0 Å². The van der Waals surface area contributed by atoms with Crippen molar-refractivity contribution in [2.45, 2.75) is 12.7 Å².